The third-order valence-electron chi connectivity index (χ3n) is 4.30. The summed E-state index contributed by atoms with van der Waals surface area (Å²) in [5.41, 5.74) is 2.61. The molecule has 0 saturated heterocycles. The molecule has 2 aromatic rings. The van der Waals surface area contributed by atoms with Gasteiger partial charge in [-0.05, 0) is 37.6 Å². The standard InChI is InChI=1S/C21H23Cl2N3O2/c1-14(2)24-21(27)26(12-15-6-5-7-16(22)10-15)13-17-11-20(25-28-17)18-8-3-4-9-19(18)23/h3-10,14,17H,11-13H2,1-2H3,(H,24,27)/t17-/m0/s1. The van der Waals surface area contributed by atoms with Crippen LogP contribution in [0.15, 0.2) is 53.7 Å². The van der Waals surface area contributed by atoms with Gasteiger partial charge in [0.1, 0.15) is 0 Å². The number of hydrogen-bond acceptors (Lipinski definition) is 3. The summed E-state index contributed by atoms with van der Waals surface area (Å²) in [6.07, 6.45) is 0.355. The van der Waals surface area contributed by atoms with E-state index in [-0.39, 0.29) is 18.2 Å². The van der Waals surface area contributed by atoms with Crippen LogP contribution >= 0.6 is 23.2 Å². The molecule has 1 heterocycles. The van der Waals surface area contributed by atoms with Crippen molar-refractivity contribution in [2.45, 2.75) is 39.0 Å². The van der Waals surface area contributed by atoms with Gasteiger partial charge in [0.15, 0.2) is 6.10 Å². The Morgan fingerprint density at radius 3 is 2.75 bits per heavy atom. The molecule has 1 aliphatic heterocycles. The molecule has 0 spiro atoms. The van der Waals surface area contributed by atoms with Crippen LogP contribution in [0.5, 0.6) is 0 Å². The van der Waals surface area contributed by atoms with Crippen molar-refractivity contribution in [2.24, 2.45) is 5.16 Å². The van der Waals surface area contributed by atoms with Crippen molar-refractivity contribution >= 4 is 34.9 Å². The Kier molecular flexibility index (Phi) is 6.81. The number of benzene rings is 2. The minimum atomic E-state index is -0.233. The zero-order chi connectivity index (χ0) is 20.1. The third kappa shape index (κ3) is 5.40. The van der Waals surface area contributed by atoms with Gasteiger partial charge in [0.25, 0.3) is 0 Å². The van der Waals surface area contributed by atoms with Crippen molar-refractivity contribution in [1.82, 2.24) is 10.2 Å². The second-order valence-electron chi connectivity index (χ2n) is 7.06. The Bertz CT molecular complexity index is 870. The predicted octanol–water partition coefficient (Wildman–Crippen LogP) is 5.11. The SMILES string of the molecule is CC(C)NC(=O)N(Cc1cccc(Cl)c1)C[C@@H]1CC(c2ccccc2Cl)=NO1. The fraction of sp³-hybridized carbons (Fsp3) is 0.333. The van der Waals surface area contributed by atoms with Crippen LogP contribution < -0.4 is 5.32 Å². The van der Waals surface area contributed by atoms with E-state index in [1.165, 1.54) is 0 Å². The molecule has 1 N–H and O–H groups in total. The minimum absolute atomic E-state index is 0.0359. The first-order chi connectivity index (χ1) is 13.4. The Hall–Kier alpha value is -2.24. The van der Waals surface area contributed by atoms with Crippen molar-refractivity contribution in [2.75, 3.05) is 6.54 Å². The molecule has 0 aromatic heterocycles. The molecule has 0 aliphatic carbocycles. The normalized spacial score (nSPS) is 15.9. The van der Waals surface area contributed by atoms with Crippen LogP contribution in [-0.4, -0.2) is 35.3 Å². The van der Waals surface area contributed by atoms with E-state index in [1.807, 2.05) is 62.4 Å². The maximum atomic E-state index is 12.7. The Morgan fingerprint density at radius 2 is 2.04 bits per heavy atom. The van der Waals surface area contributed by atoms with Crippen molar-refractivity contribution in [3.8, 4) is 0 Å². The quantitative estimate of drug-likeness (QED) is 0.707. The third-order valence-corrected chi connectivity index (χ3v) is 4.87. The van der Waals surface area contributed by atoms with Gasteiger partial charge in [0.05, 0.1) is 12.3 Å². The Morgan fingerprint density at radius 1 is 1.25 bits per heavy atom. The molecule has 2 aromatic carbocycles. The fourth-order valence-electron chi connectivity index (χ4n) is 3.04. The first-order valence-corrected chi connectivity index (χ1v) is 9.95. The number of halogens is 2. The number of carbonyl (C=O) groups excluding carboxylic acids is 1. The number of nitrogens with zero attached hydrogens (tertiary/aromatic N) is 2. The van der Waals surface area contributed by atoms with Crippen molar-refractivity contribution in [3.05, 3.63) is 69.7 Å². The highest BCUT2D eigenvalue weighted by Crippen LogP contribution is 2.24. The van der Waals surface area contributed by atoms with Gasteiger partial charge in [0.2, 0.25) is 0 Å². The molecule has 1 atom stereocenters. The Balaban J connectivity index is 1.69. The smallest absolute Gasteiger partial charge is 0.318 e. The molecule has 148 valence electrons. The highest BCUT2D eigenvalue weighted by molar-refractivity contribution is 6.34. The number of carbonyl (C=O) groups is 1. The number of urea groups is 1. The van der Waals surface area contributed by atoms with Crippen LogP contribution in [0.25, 0.3) is 0 Å². The predicted molar refractivity (Wildman–Crippen MR) is 113 cm³/mol. The summed E-state index contributed by atoms with van der Waals surface area (Å²) in [6, 6.07) is 14.9. The molecule has 0 fully saturated rings. The van der Waals surface area contributed by atoms with E-state index < -0.39 is 0 Å². The van der Waals surface area contributed by atoms with Crippen LogP contribution in [0.1, 0.15) is 31.4 Å². The monoisotopic (exact) mass is 419 g/mol. The summed E-state index contributed by atoms with van der Waals surface area (Å²) in [5.74, 6) is 0. The lowest BCUT2D eigenvalue weighted by Gasteiger charge is -2.26. The summed E-state index contributed by atoms with van der Waals surface area (Å²) in [7, 11) is 0. The molecule has 2 amide bonds. The van der Waals surface area contributed by atoms with Crippen molar-refractivity contribution < 1.29 is 9.63 Å². The van der Waals surface area contributed by atoms with Crippen LogP contribution in [0.4, 0.5) is 4.79 Å². The maximum Gasteiger partial charge on any atom is 0.318 e. The van der Waals surface area contributed by atoms with E-state index in [9.17, 15) is 4.79 Å². The molecule has 0 bridgehead atoms. The zero-order valence-corrected chi connectivity index (χ0v) is 17.4. The number of nitrogens with one attached hydrogen (secondary N) is 1. The number of oxime groups is 1. The molecular weight excluding hydrogens is 397 g/mol. The average molecular weight is 420 g/mol. The fourth-order valence-corrected chi connectivity index (χ4v) is 3.50. The van der Waals surface area contributed by atoms with E-state index in [1.54, 1.807) is 4.90 Å². The highest BCUT2D eigenvalue weighted by Gasteiger charge is 2.28. The van der Waals surface area contributed by atoms with Crippen LogP contribution in [-0.2, 0) is 11.4 Å². The van der Waals surface area contributed by atoms with E-state index in [4.69, 9.17) is 28.0 Å². The molecule has 28 heavy (non-hydrogen) atoms. The molecular formula is C21H23Cl2N3O2. The lowest BCUT2D eigenvalue weighted by molar-refractivity contribution is 0.0586. The van der Waals surface area contributed by atoms with Gasteiger partial charge in [-0.15, -0.1) is 0 Å². The summed E-state index contributed by atoms with van der Waals surface area (Å²) in [5, 5.41) is 8.42. The van der Waals surface area contributed by atoms with Crippen LogP contribution in [0.3, 0.4) is 0 Å². The molecule has 0 unspecified atom stereocenters. The summed E-state index contributed by atoms with van der Waals surface area (Å²) >= 11 is 12.4. The molecule has 0 radical (unpaired) electrons. The summed E-state index contributed by atoms with van der Waals surface area (Å²) in [4.78, 5) is 20.0. The van der Waals surface area contributed by atoms with Gasteiger partial charge in [-0.1, -0.05) is 58.7 Å². The van der Waals surface area contributed by atoms with E-state index in [0.717, 1.165) is 16.8 Å². The van der Waals surface area contributed by atoms with Gasteiger partial charge in [-0.25, -0.2) is 4.79 Å². The van der Waals surface area contributed by atoms with Gasteiger partial charge >= 0.3 is 6.03 Å². The molecule has 1 aliphatic rings. The van der Waals surface area contributed by atoms with Gasteiger partial charge in [-0.3, -0.25) is 0 Å². The first-order valence-electron chi connectivity index (χ1n) is 9.20. The van der Waals surface area contributed by atoms with Gasteiger partial charge in [-0.2, -0.15) is 0 Å². The van der Waals surface area contributed by atoms with Gasteiger partial charge < -0.3 is 15.1 Å². The lowest BCUT2D eigenvalue weighted by atomic mass is 10.0. The largest absolute Gasteiger partial charge is 0.390 e. The van der Waals surface area contributed by atoms with E-state index in [0.29, 0.717) is 29.6 Å². The second kappa shape index (κ2) is 9.30. The van der Waals surface area contributed by atoms with Crippen molar-refractivity contribution in [1.29, 1.82) is 0 Å². The summed E-state index contributed by atoms with van der Waals surface area (Å²) < 4.78 is 0. The van der Waals surface area contributed by atoms with Crippen molar-refractivity contribution in [3.63, 3.8) is 0 Å². The summed E-state index contributed by atoms with van der Waals surface area (Å²) in [6.45, 7) is 4.70. The number of rotatable bonds is 6. The van der Waals surface area contributed by atoms with Crippen LogP contribution in [0, 0.1) is 0 Å². The average Bonchev–Trinajstić information content (AvgIpc) is 3.09. The maximum absolute atomic E-state index is 12.7. The Labute approximate surface area is 175 Å². The zero-order valence-electron chi connectivity index (χ0n) is 15.9. The molecule has 3 rings (SSSR count). The number of amides is 2. The molecule has 7 heteroatoms. The lowest BCUT2D eigenvalue weighted by Crippen LogP contribution is -2.45. The first kappa shape index (κ1) is 20.5. The second-order valence-corrected chi connectivity index (χ2v) is 7.91. The van der Waals surface area contributed by atoms with E-state index in [2.05, 4.69) is 10.5 Å². The highest BCUT2D eigenvalue weighted by atomic mass is 35.5. The van der Waals surface area contributed by atoms with Crippen LogP contribution in [0.2, 0.25) is 10.0 Å². The minimum Gasteiger partial charge on any atom is -0.390 e. The molecule has 5 nitrogen and oxygen atoms in total. The topological polar surface area (TPSA) is 53.9 Å². The van der Waals surface area contributed by atoms with E-state index >= 15 is 0 Å². The van der Waals surface area contributed by atoms with Gasteiger partial charge in [0, 0.05) is 34.6 Å². The molecule has 0 saturated carbocycles. The number of hydrogen-bond donors (Lipinski definition) is 1.